The number of methoxy groups -OCH3 is 1. The summed E-state index contributed by atoms with van der Waals surface area (Å²) in [6.45, 7) is 2.34. The highest BCUT2D eigenvalue weighted by Gasteiger charge is 2.17. The van der Waals surface area contributed by atoms with Crippen molar-refractivity contribution in [2.24, 2.45) is 0 Å². The quantitative estimate of drug-likeness (QED) is 0.599. The maximum atomic E-state index is 11.6. The van der Waals surface area contributed by atoms with Crippen LogP contribution in [0.15, 0.2) is 0 Å². The average Bonchev–Trinajstić information content (AvgIpc) is 2.79. The van der Waals surface area contributed by atoms with E-state index in [9.17, 15) is 9.90 Å². The van der Waals surface area contributed by atoms with Crippen molar-refractivity contribution >= 4 is 5.91 Å². The Morgan fingerprint density at radius 1 is 1.67 bits per heavy atom. The molecule has 1 aliphatic rings. The molecule has 0 aliphatic carbocycles. The molecule has 2 atom stereocenters. The van der Waals surface area contributed by atoms with Gasteiger partial charge in [0.15, 0.2) is 0 Å². The normalized spacial score (nSPS) is 21.2. The molecule has 1 heterocycles. The number of carbonyl (C=O) groups excluding carboxylic acids is 1. The smallest absolute Gasteiger partial charge is 0.234 e. The van der Waals surface area contributed by atoms with Gasteiger partial charge >= 0.3 is 0 Å². The Bertz CT molecular complexity index is 244. The zero-order valence-electron chi connectivity index (χ0n) is 11.2. The van der Waals surface area contributed by atoms with Crippen LogP contribution < -0.4 is 5.32 Å². The van der Waals surface area contributed by atoms with E-state index in [4.69, 9.17) is 9.47 Å². The molecule has 2 N–H and O–H groups in total. The van der Waals surface area contributed by atoms with Gasteiger partial charge in [-0.2, -0.15) is 0 Å². The van der Waals surface area contributed by atoms with Crippen molar-refractivity contribution in [2.45, 2.75) is 25.0 Å². The molecule has 18 heavy (non-hydrogen) atoms. The number of aliphatic hydroxyl groups is 1. The third-order valence-electron chi connectivity index (χ3n) is 2.85. The van der Waals surface area contributed by atoms with E-state index < -0.39 is 6.10 Å². The molecular formula is C12H24N2O4. The number of amides is 1. The van der Waals surface area contributed by atoms with Gasteiger partial charge in [0.1, 0.15) is 0 Å². The molecule has 6 heteroatoms. The first-order valence-corrected chi connectivity index (χ1v) is 6.35. The second kappa shape index (κ2) is 8.42. The zero-order chi connectivity index (χ0) is 13.4. The number of carbonyl (C=O) groups is 1. The van der Waals surface area contributed by atoms with E-state index in [1.54, 1.807) is 11.9 Å². The molecule has 6 nitrogen and oxygen atoms in total. The van der Waals surface area contributed by atoms with Gasteiger partial charge < -0.3 is 19.9 Å². The summed E-state index contributed by atoms with van der Waals surface area (Å²) in [5.74, 6) is -0.0439. The van der Waals surface area contributed by atoms with Crippen LogP contribution in [0.3, 0.4) is 0 Å². The monoisotopic (exact) mass is 260 g/mol. The first-order valence-electron chi connectivity index (χ1n) is 6.35. The van der Waals surface area contributed by atoms with Gasteiger partial charge in [0.25, 0.3) is 0 Å². The van der Waals surface area contributed by atoms with Crippen LogP contribution in [-0.2, 0) is 14.3 Å². The molecule has 0 spiro atoms. The number of nitrogens with zero attached hydrogens (tertiary/aromatic N) is 1. The molecule has 1 amide bonds. The summed E-state index contributed by atoms with van der Waals surface area (Å²) in [6, 6.07) is 0. The third kappa shape index (κ3) is 6.30. The second-order valence-corrected chi connectivity index (χ2v) is 4.75. The minimum absolute atomic E-state index is 0.0439. The van der Waals surface area contributed by atoms with Gasteiger partial charge in [-0.1, -0.05) is 0 Å². The van der Waals surface area contributed by atoms with Crippen molar-refractivity contribution < 1.29 is 19.4 Å². The van der Waals surface area contributed by atoms with Crippen LogP contribution in [0.1, 0.15) is 12.8 Å². The highest BCUT2D eigenvalue weighted by atomic mass is 16.5. The van der Waals surface area contributed by atoms with Crippen molar-refractivity contribution in [1.82, 2.24) is 10.2 Å². The average molecular weight is 260 g/mol. The maximum absolute atomic E-state index is 11.6. The minimum atomic E-state index is -0.564. The van der Waals surface area contributed by atoms with E-state index in [0.717, 1.165) is 19.4 Å². The SMILES string of the molecule is COCC(O)CN(C)CC(=O)NCC1CCCO1. The topological polar surface area (TPSA) is 71.0 Å². The van der Waals surface area contributed by atoms with Crippen LogP contribution in [0.5, 0.6) is 0 Å². The number of ether oxygens (including phenoxy) is 2. The summed E-state index contributed by atoms with van der Waals surface area (Å²) in [5.41, 5.74) is 0. The fraction of sp³-hybridized carbons (Fsp3) is 0.917. The van der Waals surface area contributed by atoms with Gasteiger partial charge in [-0.25, -0.2) is 0 Å². The summed E-state index contributed by atoms with van der Waals surface area (Å²) in [4.78, 5) is 13.4. The van der Waals surface area contributed by atoms with Crippen molar-refractivity contribution in [1.29, 1.82) is 0 Å². The molecule has 0 aromatic rings. The standard InChI is InChI=1S/C12H24N2O4/c1-14(7-10(15)9-17-2)8-12(16)13-6-11-4-3-5-18-11/h10-11,15H,3-9H2,1-2H3,(H,13,16). The summed E-state index contributed by atoms with van der Waals surface area (Å²) < 4.78 is 10.3. The summed E-state index contributed by atoms with van der Waals surface area (Å²) in [5, 5.41) is 12.4. The molecule has 1 fully saturated rings. The number of likely N-dealkylation sites (N-methyl/N-ethyl adjacent to an activating group) is 1. The number of hydrogen-bond donors (Lipinski definition) is 2. The minimum Gasteiger partial charge on any atom is -0.389 e. The molecule has 2 unspecified atom stereocenters. The molecule has 0 bridgehead atoms. The first kappa shape index (κ1) is 15.4. The number of nitrogens with one attached hydrogen (secondary N) is 1. The molecule has 1 aliphatic heterocycles. The van der Waals surface area contributed by atoms with Crippen molar-refractivity contribution in [3.63, 3.8) is 0 Å². The van der Waals surface area contributed by atoms with E-state index >= 15 is 0 Å². The van der Waals surface area contributed by atoms with Gasteiger partial charge in [-0.3, -0.25) is 9.69 Å². The molecule has 0 radical (unpaired) electrons. The lowest BCUT2D eigenvalue weighted by molar-refractivity contribution is -0.122. The van der Waals surface area contributed by atoms with Crippen LogP contribution in [0, 0.1) is 0 Å². The molecule has 0 saturated carbocycles. The Morgan fingerprint density at radius 3 is 3.06 bits per heavy atom. The molecular weight excluding hydrogens is 236 g/mol. The Labute approximate surface area is 108 Å². The van der Waals surface area contributed by atoms with Crippen LogP contribution >= 0.6 is 0 Å². The number of aliphatic hydroxyl groups excluding tert-OH is 1. The van der Waals surface area contributed by atoms with Gasteiger partial charge in [-0.05, 0) is 19.9 Å². The van der Waals surface area contributed by atoms with Crippen molar-refractivity contribution in [3.8, 4) is 0 Å². The Kier molecular flexibility index (Phi) is 7.19. The highest BCUT2D eigenvalue weighted by molar-refractivity contribution is 5.77. The fourth-order valence-corrected chi connectivity index (χ4v) is 2.00. The largest absolute Gasteiger partial charge is 0.389 e. The van der Waals surface area contributed by atoms with Gasteiger partial charge in [-0.15, -0.1) is 0 Å². The van der Waals surface area contributed by atoms with Crippen LogP contribution in [0.4, 0.5) is 0 Å². The number of rotatable bonds is 8. The molecule has 0 aromatic carbocycles. The second-order valence-electron chi connectivity index (χ2n) is 4.75. The lowest BCUT2D eigenvalue weighted by Crippen LogP contribution is -2.41. The maximum Gasteiger partial charge on any atom is 0.234 e. The lowest BCUT2D eigenvalue weighted by Gasteiger charge is -2.20. The summed E-state index contributed by atoms with van der Waals surface area (Å²) in [6.07, 6.45) is 1.69. The van der Waals surface area contributed by atoms with E-state index in [-0.39, 0.29) is 25.2 Å². The fourth-order valence-electron chi connectivity index (χ4n) is 2.00. The Balaban J connectivity index is 2.10. The van der Waals surface area contributed by atoms with E-state index in [2.05, 4.69) is 5.32 Å². The Hall–Kier alpha value is -0.690. The third-order valence-corrected chi connectivity index (χ3v) is 2.85. The highest BCUT2D eigenvalue weighted by Crippen LogP contribution is 2.10. The predicted octanol–water partition coefficient (Wildman–Crippen LogP) is -0.779. The Morgan fingerprint density at radius 2 is 2.44 bits per heavy atom. The van der Waals surface area contributed by atoms with Crippen molar-refractivity contribution in [2.75, 3.05) is 47.0 Å². The van der Waals surface area contributed by atoms with E-state index in [1.165, 1.54) is 7.11 Å². The van der Waals surface area contributed by atoms with Gasteiger partial charge in [0.05, 0.1) is 25.4 Å². The zero-order valence-corrected chi connectivity index (χ0v) is 11.2. The van der Waals surface area contributed by atoms with Crippen LogP contribution in [-0.4, -0.2) is 75.1 Å². The molecule has 0 aromatic heterocycles. The first-order chi connectivity index (χ1) is 8.61. The number of hydrogen-bond acceptors (Lipinski definition) is 5. The lowest BCUT2D eigenvalue weighted by atomic mass is 10.2. The summed E-state index contributed by atoms with van der Waals surface area (Å²) >= 11 is 0. The van der Waals surface area contributed by atoms with Gasteiger partial charge in [0, 0.05) is 26.8 Å². The van der Waals surface area contributed by atoms with Gasteiger partial charge in [0.2, 0.25) is 5.91 Å². The van der Waals surface area contributed by atoms with Crippen LogP contribution in [0.25, 0.3) is 0 Å². The predicted molar refractivity (Wildman–Crippen MR) is 67.4 cm³/mol. The van der Waals surface area contributed by atoms with Crippen molar-refractivity contribution in [3.05, 3.63) is 0 Å². The molecule has 106 valence electrons. The van der Waals surface area contributed by atoms with E-state index in [0.29, 0.717) is 13.1 Å². The molecule has 1 rings (SSSR count). The summed E-state index contributed by atoms with van der Waals surface area (Å²) in [7, 11) is 3.34. The van der Waals surface area contributed by atoms with Crippen LogP contribution in [0.2, 0.25) is 0 Å². The van der Waals surface area contributed by atoms with E-state index in [1.807, 2.05) is 0 Å². The molecule has 1 saturated heterocycles.